The highest BCUT2D eigenvalue weighted by molar-refractivity contribution is 5.91. The lowest BCUT2D eigenvalue weighted by Gasteiger charge is -2.24. The van der Waals surface area contributed by atoms with Crippen LogP contribution in [0.4, 0.5) is 0 Å². The van der Waals surface area contributed by atoms with Gasteiger partial charge in [0, 0.05) is 7.05 Å². The van der Waals surface area contributed by atoms with E-state index >= 15 is 0 Å². The summed E-state index contributed by atoms with van der Waals surface area (Å²) in [6.45, 7) is 5.29. The summed E-state index contributed by atoms with van der Waals surface area (Å²) < 4.78 is 5.71. The Hall–Kier alpha value is -2.29. The van der Waals surface area contributed by atoms with Crippen LogP contribution in [0.25, 0.3) is 0 Å². The summed E-state index contributed by atoms with van der Waals surface area (Å²) in [7, 11) is 1.87. The van der Waals surface area contributed by atoms with Gasteiger partial charge in [-0.3, -0.25) is 4.79 Å². The van der Waals surface area contributed by atoms with Crippen LogP contribution in [0.1, 0.15) is 29.5 Å². The van der Waals surface area contributed by atoms with Gasteiger partial charge in [-0.25, -0.2) is 0 Å². The quantitative estimate of drug-likeness (QED) is 0.807. The van der Waals surface area contributed by atoms with E-state index in [0.717, 1.165) is 18.6 Å². The summed E-state index contributed by atoms with van der Waals surface area (Å²) in [5.41, 5.74) is 3.30. The van der Waals surface area contributed by atoms with E-state index < -0.39 is 0 Å². The molecular formula is C21H25NO2. The number of carbonyl (C=O) groups excluding carboxylic acids is 1. The van der Waals surface area contributed by atoms with E-state index in [-0.39, 0.29) is 11.3 Å². The van der Waals surface area contributed by atoms with Crippen LogP contribution in [0.15, 0.2) is 48.5 Å². The number of rotatable bonds is 6. The molecule has 1 saturated carbocycles. The summed E-state index contributed by atoms with van der Waals surface area (Å²) in [6, 6.07) is 16.2. The third-order valence-corrected chi connectivity index (χ3v) is 4.72. The van der Waals surface area contributed by atoms with Crippen LogP contribution in [-0.4, -0.2) is 31.0 Å². The van der Waals surface area contributed by atoms with Gasteiger partial charge in [0.15, 0.2) is 0 Å². The van der Waals surface area contributed by atoms with E-state index in [1.54, 1.807) is 0 Å². The minimum atomic E-state index is -0.307. The largest absolute Gasteiger partial charge is 0.492 e. The lowest BCUT2D eigenvalue weighted by atomic mass is 9.91. The number of ether oxygens (including phenoxy) is 1. The number of hydrogen-bond acceptors (Lipinski definition) is 2. The number of nitrogens with zero attached hydrogens (tertiary/aromatic N) is 1. The summed E-state index contributed by atoms with van der Waals surface area (Å²) in [5, 5.41) is 0. The molecule has 2 aromatic carbocycles. The smallest absolute Gasteiger partial charge is 0.233 e. The zero-order valence-corrected chi connectivity index (χ0v) is 14.7. The van der Waals surface area contributed by atoms with Gasteiger partial charge >= 0.3 is 0 Å². The van der Waals surface area contributed by atoms with E-state index in [4.69, 9.17) is 4.74 Å². The van der Waals surface area contributed by atoms with Gasteiger partial charge in [0.05, 0.1) is 12.0 Å². The molecular weight excluding hydrogens is 298 g/mol. The van der Waals surface area contributed by atoms with E-state index in [2.05, 4.69) is 32.0 Å². The maximum absolute atomic E-state index is 13.0. The normalized spacial score (nSPS) is 15.0. The van der Waals surface area contributed by atoms with Crippen LogP contribution in [-0.2, 0) is 10.2 Å². The highest BCUT2D eigenvalue weighted by Gasteiger charge is 2.52. The Labute approximate surface area is 144 Å². The Morgan fingerprint density at radius 1 is 1.08 bits per heavy atom. The molecule has 2 aromatic rings. The maximum Gasteiger partial charge on any atom is 0.233 e. The summed E-state index contributed by atoms with van der Waals surface area (Å²) in [6.07, 6.45) is 1.89. The molecule has 0 saturated heterocycles. The molecule has 0 N–H and O–H groups in total. The number of aryl methyl sites for hydroxylation is 2. The first-order valence-electron chi connectivity index (χ1n) is 8.53. The van der Waals surface area contributed by atoms with Crippen molar-refractivity contribution < 1.29 is 9.53 Å². The number of likely N-dealkylation sites (N-methyl/N-ethyl adjacent to an activating group) is 1. The summed E-state index contributed by atoms with van der Waals surface area (Å²) in [4.78, 5) is 14.8. The van der Waals surface area contributed by atoms with E-state index in [1.807, 2.05) is 42.3 Å². The van der Waals surface area contributed by atoms with E-state index in [0.29, 0.717) is 13.2 Å². The molecule has 3 heteroatoms. The van der Waals surface area contributed by atoms with Crippen molar-refractivity contribution in [2.24, 2.45) is 0 Å². The third-order valence-electron chi connectivity index (χ3n) is 4.72. The molecule has 0 heterocycles. The molecule has 0 aliphatic heterocycles. The molecule has 1 fully saturated rings. The average molecular weight is 323 g/mol. The fraction of sp³-hybridized carbons (Fsp3) is 0.381. The van der Waals surface area contributed by atoms with Crippen LogP contribution in [0, 0.1) is 13.8 Å². The van der Waals surface area contributed by atoms with E-state index in [9.17, 15) is 4.79 Å². The number of benzene rings is 2. The molecule has 0 radical (unpaired) electrons. The maximum atomic E-state index is 13.0. The predicted molar refractivity (Wildman–Crippen MR) is 96.4 cm³/mol. The third kappa shape index (κ3) is 3.45. The van der Waals surface area contributed by atoms with Gasteiger partial charge in [-0.2, -0.15) is 0 Å². The standard InChI is InChI=1S/C21H25NO2/c1-16-13-17(2)15-18(14-16)21(9-10-21)20(23)22(3)11-12-24-19-7-5-4-6-8-19/h4-8,13-15H,9-12H2,1-3H3. The molecule has 0 unspecified atom stereocenters. The van der Waals surface area contributed by atoms with Gasteiger partial charge in [-0.05, 0) is 44.4 Å². The van der Waals surface area contributed by atoms with Crippen molar-refractivity contribution in [2.75, 3.05) is 20.2 Å². The second-order valence-corrected chi connectivity index (χ2v) is 6.85. The molecule has 3 nitrogen and oxygen atoms in total. The first-order valence-corrected chi connectivity index (χ1v) is 8.53. The first-order chi connectivity index (χ1) is 11.5. The highest BCUT2D eigenvalue weighted by Crippen LogP contribution is 2.49. The van der Waals surface area contributed by atoms with Crippen molar-refractivity contribution >= 4 is 5.91 Å². The average Bonchev–Trinajstić information content (AvgIpc) is 3.36. The molecule has 0 spiro atoms. The molecule has 0 aromatic heterocycles. The van der Waals surface area contributed by atoms with Gasteiger partial charge in [-0.1, -0.05) is 47.5 Å². The minimum Gasteiger partial charge on any atom is -0.492 e. The van der Waals surface area contributed by atoms with Crippen molar-refractivity contribution in [3.8, 4) is 5.75 Å². The molecule has 1 amide bonds. The molecule has 3 rings (SSSR count). The number of carbonyl (C=O) groups is 1. The van der Waals surface area contributed by atoms with Gasteiger partial charge in [0.2, 0.25) is 5.91 Å². The van der Waals surface area contributed by atoms with Gasteiger partial charge in [0.1, 0.15) is 12.4 Å². The zero-order valence-electron chi connectivity index (χ0n) is 14.7. The Balaban J connectivity index is 1.62. The lowest BCUT2D eigenvalue weighted by molar-refractivity contribution is -0.133. The van der Waals surface area contributed by atoms with Gasteiger partial charge < -0.3 is 9.64 Å². The van der Waals surface area contributed by atoms with Crippen LogP contribution >= 0.6 is 0 Å². The number of amides is 1. The fourth-order valence-corrected chi connectivity index (χ4v) is 3.29. The predicted octanol–water partition coefficient (Wildman–Crippen LogP) is 3.87. The van der Waals surface area contributed by atoms with Crippen molar-refractivity contribution in [1.82, 2.24) is 4.90 Å². The summed E-state index contributed by atoms with van der Waals surface area (Å²) in [5.74, 6) is 1.05. The van der Waals surface area contributed by atoms with Crippen LogP contribution in [0.2, 0.25) is 0 Å². The van der Waals surface area contributed by atoms with Crippen molar-refractivity contribution in [2.45, 2.75) is 32.1 Å². The highest BCUT2D eigenvalue weighted by atomic mass is 16.5. The van der Waals surface area contributed by atoms with Crippen molar-refractivity contribution in [1.29, 1.82) is 0 Å². The van der Waals surface area contributed by atoms with Crippen LogP contribution in [0.3, 0.4) is 0 Å². The fourth-order valence-electron chi connectivity index (χ4n) is 3.29. The number of hydrogen-bond donors (Lipinski definition) is 0. The SMILES string of the molecule is Cc1cc(C)cc(C2(C(=O)N(C)CCOc3ccccc3)CC2)c1. The van der Waals surface area contributed by atoms with Crippen LogP contribution < -0.4 is 4.74 Å². The molecule has 126 valence electrons. The minimum absolute atomic E-state index is 0.212. The molecule has 1 aliphatic carbocycles. The molecule has 0 bridgehead atoms. The van der Waals surface area contributed by atoms with Gasteiger partial charge in [0.25, 0.3) is 0 Å². The van der Waals surface area contributed by atoms with Gasteiger partial charge in [-0.15, -0.1) is 0 Å². The van der Waals surface area contributed by atoms with Crippen molar-refractivity contribution in [3.63, 3.8) is 0 Å². The Morgan fingerprint density at radius 2 is 1.71 bits per heavy atom. The Morgan fingerprint density at radius 3 is 2.29 bits per heavy atom. The molecule has 24 heavy (non-hydrogen) atoms. The molecule has 0 atom stereocenters. The Kier molecular flexibility index (Phi) is 4.61. The second-order valence-electron chi connectivity index (χ2n) is 6.85. The number of para-hydroxylation sites is 1. The monoisotopic (exact) mass is 323 g/mol. The summed E-state index contributed by atoms with van der Waals surface area (Å²) >= 11 is 0. The second kappa shape index (κ2) is 6.68. The Bertz CT molecular complexity index is 700. The first kappa shape index (κ1) is 16.6. The lowest BCUT2D eigenvalue weighted by Crippen LogP contribution is -2.38. The topological polar surface area (TPSA) is 29.5 Å². The zero-order chi connectivity index (χ0) is 17.2. The van der Waals surface area contributed by atoms with E-state index in [1.165, 1.54) is 16.7 Å². The molecule has 1 aliphatic rings. The van der Waals surface area contributed by atoms with Crippen molar-refractivity contribution in [3.05, 3.63) is 65.2 Å². The van der Waals surface area contributed by atoms with Crippen LogP contribution in [0.5, 0.6) is 5.75 Å².